The van der Waals surface area contributed by atoms with E-state index in [1.54, 1.807) is 7.11 Å². The second-order valence-corrected chi connectivity index (χ2v) is 5.56. The Morgan fingerprint density at radius 2 is 1.78 bits per heavy atom. The highest BCUT2D eigenvalue weighted by molar-refractivity contribution is 5.99. The van der Waals surface area contributed by atoms with Gasteiger partial charge in [0.15, 0.2) is 0 Å². The Morgan fingerprint density at radius 1 is 1.09 bits per heavy atom. The van der Waals surface area contributed by atoms with Crippen molar-refractivity contribution in [1.82, 2.24) is 5.43 Å². The van der Waals surface area contributed by atoms with Gasteiger partial charge in [0.2, 0.25) is 5.91 Å². The minimum absolute atomic E-state index is 0.140. The molecule has 2 aromatic rings. The Balaban J connectivity index is 1.97. The lowest BCUT2D eigenvalue weighted by Crippen LogP contribution is -2.21. The molecule has 2 aromatic carbocycles. The molecule has 1 amide bonds. The van der Waals surface area contributed by atoms with Crippen LogP contribution in [0, 0.1) is 13.8 Å². The summed E-state index contributed by atoms with van der Waals surface area (Å²) in [5.41, 5.74) is 7.78. The molecule has 0 spiro atoms. The first kappa shape index (κ1) is 16.7. The van der Waals surface area contributed by atoms with E-state index in [1.807, 2.05) is 37.3 Å². The number of benzene rings is 2. The van der Waals surface area contributed by atoms with Gasteiger partial charge in [-0.1, -0.05) is 24.3 Å². The van der Waals surface area contributed by atoms with Crippen molar-refractivity contribution in [3.8, 4) is 5.75 Å². The molecule has 4 nitrogen and oxygen atoms in total. The molecule has 0 aromatic heterocycles. The summed E-state index contributed by atoms with van der Waals surface area (Å²) in [5, 5.41) is 4.19. The molecule has 2 rings (SSSR count). The van der Waals surface area contributed by atoms with Gasteiger partial charge in [-0.15, -0.1) is 0 Å². The Bertz CT molecular complexity index is 719. The smallest absolute Gasteiger partial charge is 0.244 e. The molecule has 0 unspecified atom stereocenters. The van der Waals surface area contributed by atoms with E-state index in [1.165, 1.54) is 11.1 Å². The number of hydrogen-bond donors (Lipinski definition) is 1. The molecule has 0 heterocycles. The number of aryl methyl sites for hydroxylation is 2. The number of nitrogens with zero attached hydrogens (tertiary/aromatic N) is 1. The third-order valence-electron chi connectivity index (χ3n) is 3.80. The minimum Gasteiger partial charge on any atom is -0.497 e. The van der Waals surface area contributed by atoms with Crippen LogP contribution in [0.1, 0.15) is 29.2 Å². The average Bonchev–Trinajstić information content (AvgIpc) is 2.56. The number of hydrogen-bond acceptors (Lipinski definition) is 3. The van der Waals surface area contributed by atoms with Crippen LogP contribution >= 0.6 is 0 Å². The van der Waals surface area contributed by atoms with Gasteiger partial charge in [-0.3, -0.25) is 4.79 Å². The maximum atomic E-state index is 12.0. The van der Waals surface area contributed by atoms with Crippen LogP contribution < -0.4 is 10.2 Å². The fourth-order valence-electron chi connectivity index (χ4n) is 2.15. The van der Waals surface area contributed by atoms with E-state index in [0.29, 0.717) is 0 Å². The first-order valence-electron chi connectivity index (χ1n) is 7.53. The topological polar surface area (TPSA) is 50.7 Å². The van der Waals surface area contributed by atoms with E-state index in [-0.39, 0.29) is 12.3 Å². The summed E-state index contributed by atoms with van der Waals surface area (Å²) < 4.78 is 5.10. The highest BCUT2D eigenvalue weighted by atomic mass is 16.5. The molecule has 120 valence electrons. The SMILES string of the molecule is COc1ccc(CC(=O)N/N=C(/C)c2ccc(C)c(C)c2)cc1. The molecular weight excluding hydrogens is 288 g/mol. The number of carbonyl (C=O) groups is 1. The molecule has 23 heavy (non-hydrogen) atoms. The maximum absolute atomic E-state index is 12.0. The fourth-order valence-corrected chi connectivity index (χ4v) is 2.15. The number of amides is 1. The number of methoxy groups -OCH3 is 1. The average molecular weight is 310 g/mol. The molecule has 1 N–H and O–H groups in total. The molecule has 0 fully saturated rings. The molecule has 4 heteroatoms. The van der Waals surface area contributed by atoms with Crippen LogP contribution in [0.3, 0.4) is 0 Å². The third-order valence-corrected chi connectivity index (χ3v) is 3.80. The molecule has 0 aliphatic carbocycles. The van der Waals surface area contributed by atoms with Gasteiger partial charge in [0.05, 0.1) is 19.2 Å². The lowest BCUT2D eigenvalue weighted by atomic mass is 10.0. The lowest BCUT2D eigenvalue weighted by molar-refractivity contribution is -0.120. The van der Waals surface area contributed by atoms with Crippen LogP contribution in [-0.4, -0.2) is 18.7 Å². The van der Waals surface area contributed by atoms with E-state index in [9.17, 15) is 4.79 Å². The summed E-state index contributed by atoms with van der Waals surface area (Å²) >= 11 is 0. The van der Waals surface area contributed by atoms with E-state index in [4.69, 9.17) is 4.74 Å². The summed E-state index contributed by atoms with van der Waals surface area (Å²) in [6.45, 7) is 6.02. The minimum atomic E-state index is -0.140. The molecule has 0 saturated carbocycles. The molecule has 0 aliphatic rings. The fraction of sp³-hybridized carbons (Fsp3) is 0.263. The van der Waals surface area contributed by atoms with Crippen molar-refractivity contribution in [2.24, 2.45) is 5.10 Å². The first-order valence-corrected chi connectivity index (χ1v) is 7.53. The van der Waals surface area contributed by atoms with Crippen molar-refractivity contribution in [3.05, 3.63) is 64.7 Å². The first-order chi connectivity index (χ1) is 11.0. The number of rotatable bonds is 5. The molecule has 0 radical (unpaired) electrons. The second-order valence-electron chi connectivity index (χ2n) is 5.56. The largest absolute Gasteiger partial charge is 0.497 e. The van der Waals surface area contributed by atoms with Crippen molar-refractivity contribution in [2.75, 3.05) is 7.11 Å². The maximum Gasteiger partial charge on any atom is 0.244 e. The standard InChI is InChI=1S/C19H22N2O2/c1-13-5-8-17(11-14(13)2)15(3)20-21-19(22)12-16-6-9-18(23-4)10-7-16/h5-11H,12H2,1-4H3,(H,21,22)/b20-15-. The Morgan fingerprint density at radius 3 is 2.39 bits per heavy atom. The van der Waals surface area contributed by atoms with E-state index < -0.39 is 0 Å². The summed E-state index contributed by atoms with van der Waals surface area (Å²) in [4.78, 5) is 12.0. The van der Waals surface area contributed by atoms with Crippen molar-refractivity contribution >= 4 is 11.6 Å². The van der Waals surface area contributed by atoms with Gasteiger partial charge >= 0.3 is 0 Å². The number of ether oxygens (including phenoxy) is 1. The van der Waals surface area contributed by atoms with Gasteiger partial charge in [0, 0.05) is 0 Å². The highest BCUT2D eigenvalue weighted by Gasteiger charge is 2.04. The van der Waals surface area contributed by atoms with Crippen molar-refractivity contribution in [3.63, 3.8) is 0 Å². The van der Waals surface area contributed by atoms with E-state index in [2.05, 4.69) is 36.5 Å². The van der Waals surface area contributed by atoms with E-state index in [0.717, 1.165) is 22.6 Å². The zero-order chi connectivity index (χ0) is 16.8. The van der Waals surface area contributed by atoms with Gasteiger partial charge in [-0.05, 0) is 61.2 Å². The number of carbonyl (C=O) groups excluding carboxylic acids is 1. The number of hydrazone groups is 1. The Kier molecular flexibility index (Phi) is 5.52. The van der Waals surface area contributed by atoms with Gasteiger partial charge in [-0.25, -0.2) is 5.43 Å². The molecule has 0 bridgehead atoms. The zero-order valence-corrected chi connectivity index (χ0v) is 14.0. The third kappa shape index (κ3) is 4.68. The van der Waals surface area contributed by atoms with Crippen LogP contribution in [-0.2, 0) is 11.2 Å². The van der Waals surface area contributed by atoms with E-state index >= 15 is 0 Å². The molecule has 0 atom stereocenters. The Labute approximate surface area is 137 Å². The van der Waals surface area contributed by atoms with Crippen LogP contribution in [0.5, 0.6) is 5.75 Å². The molecule has 0 aliphatic heterocycles. The van der Waals surface area contributed by atoms with Gasteiger partial charge in [0.25, 0.3) is 0 Å². The van der Waals surface area contributed by atoms with Gasteiger partial charge in [-0.2, -0.15) is 5.10 Å². The Hall–Kier alpha value is -2.62. The van der Waals surface area contributed by atoms with Crippen LogP contribution in [0.4, 0.5) is 0 Å². The van der Waals surface area contributed by atoms with Crippen molar-refractivity contribution < 1.29 is 9.53 Å². The van der Waals surface area contributed by atoms with Gasteiger partial charge in [0.1, 0.15) is 5.75 Å². The van der Waals surface area contributed by atoms with Crippen molar-refractivity contribution in [2.45, 2.75) is 27.2 Å². The van der Waals surface area contributed by atoms with Crippen molar-refractivity contribution in [1.29, 1.82) is 0 Å². The van der Waals surface area contributed by atoms with Crippen LogP contribution in [0.25, 0.3) is 0 Å². The summed E-state index contributed by atoms with van der Waals surface area (Å²) in [7, 11) is 1.62. The monoisotopic (exact) mass is 310 g/mol. The van der Waals surface area contributed by atoms with Crippen LogP contribution in [0.15, 0.2) is 47.6 Å². The summed E-state index contributed by atoms with van der Waals surface area (Å²) in [6.07, 6.45) is 0.285. The predicted molar refractivity (Wildman–Crippen MR) is 93.0 cm³/mol. The zero-order valence-electron chi connectivity index (χ0n) is 14.0. The molecular formula is C19H22N2O2. The molecule has 0 saturated heterocycles. The normalized spacial score (nSPS) is 11.2. The summed E-state index contributed by atoms with van der Waals surface area (Å²) in [5.74, 6) is 0.635. The number of nitrogens with one attached hydrogen (secondary N) is 1. The van der Waals surface area contributed by atoms with Crippen LogP contribution in [0.2, 0.25) is 0 Å². The second kappa shape index (κ2) is 7.58. The summed E-state index contributed by atoms with van der Waals surface area (Å²) in [6, 6.07) is 13.6. The quantitative estimate of drug-likeness (QED) is 0.680. The van der Waals surface area contributed by atoms with Gasteiger partial charge < -0.3 is 4.74 Å². The predicted octanol–water partition coefficient (Wildman–Crippen LogP) is 3.39. The lowest BCUT2D eigenvalue weighted by Gasteiger charge is -2.06. The highest BCUT2D eigenvalue weighted by Crippen LogP contribution is 2.12.